The molecule has 0 radical (unpaired) electrons. The van der Waals surface area contributed by atoms with Crippen molar-refractivity contribution in [3.8, 4) is 28.3 Å². The van der Waals surface area contributed by atoms with Crippen molar-refractivity contribution >= 4 is 0 Å². The van der Waals surface area contributed by atoms with E-state index in [1.54, 1.807) is 0 Å². The van der Waals surface area contributed by atoms with E-state index in [0.29, 0.717) is 0 Å². The number of rotatable bonds is 2. The van der Waals surface area contributed by atoms with Gasteiger partial charge in [-0.1, -0.05) is 54.1 Å². The van der Waals surface area contributed by atoms with Crippen molar-refractivity contribution in [2.45, 2.75) is 27.3 Å². The van der Waals surface area contributed by atoms with E-state index in [9.17, 15) is 0 Å². The van der Waals surface area contributed by atoms with Gasteiger partial charge in [-0.3, -0.25) is 0 Å². The summed E-state index contributed by atoms with van der Waals surface area (Å²) in [5.74, 6) is 1.27. The second-order valence-corrected chi connectivity index (χ2v) is 7.56. The molecule has 27 heavy (non-hydrogen) atoms. The molecule has 1 aromatic heterocycles. The van der Waals surface area contributed by atoms with Gasteiger partial charge in [-0.2, -0.15) is 4.57 Å². The van der Waals surface area contributed by atoms with Crippen molar-refractivity contribution in [1.29, 1.82) is 0 Å². The molecule has 4 aromatic rings. The van der Waals surface area contributed by atoms with Crippen LogP contribution in [-0.4, -0.2) is 4.57 Å². The van der Waals surface area contributed by atoms with Gasteiger partial charge in [0.2, 0.25) is 0 Å². The highest BCUT2D eigenvalue weighted by Gasteiger charge is 2.34. The summed E-state index contributed by atoms with van der Waals surface area (Å²) in [5, 5.41) is 0. The van der Waals surface area contributed by atoms with Crippen molar-refractivity contribution in [3.63, 3.8) is 0 Å². The quantitative estimate of drug-likeness (QED) is 0.377. The zero-order valence-corrected chi connectivity index (χ0v) is 16.0. The van der Waals surface area contributed by atoms with Crippen molar-refractivity contribution in [1.82, 2.24) is 4.57 Å². The van der Waals surface area contributed by atoms with Crippen molar-refractivity contribution in [2.75, 3.05) is 0 Å². The molecule has 2 heterocycles. The van der Waals surface area contributed by atoms with Crippen LogP contribution < -0.4 is 4.57 Å². The van der Waals surface area contributed by atoms with Crippen LogP contribution in [0.15, 0.2) is 72.9 Å². The zero-order chi connectivity index (χ0) is 18.5. The zero-order valence-electron chi connectivity index (χ0n) is 16.0. The molecular formula is C25H23N2+. The van der Waals surface area contributed by atoms with Crippen LogP contribution in [0.2, 0.25) is 0 Å². The van der Waals surface area contributed by atoms with E-state index in [1.165, 1.54) is 50.6 Å². The third kappa shape index (κ3) is 2.44. The summed E-state index contributed by atoms with van der Waals surface area (Å²) in [6.45, 7) is 7.49. The van der Waals surface area contributed by atoms with Crippen LogP contribution in [0.25, 0.3) is 28.3 Å². The van der Waals surface area contributed by atoms with Gasteiger partial charge in [-0.05, 0) is 50.1 Å². The minimum Gasteiger partial charge on any atom is -0.225 e. The van der Waals surface area contributed by atoms with Gasteiger partial charge in [-0.15, -0.1) is 0 Å². The van der Waals surface area contributed by atoms with Gasteiger partial charge in [-0.25, -0.2) is 4.57 Å². The Balaban J connectivity index is 1.86. The first-order valence-corrected chi connectivity index (χ1v) is 9.50. The van der Waals surface area contributed by atoms with Crippen LogP contribution in [0.5, 0.6) is 0 Å². The fourth-order valence-corrected chi connectivity index (χ4v) is 4.31. The van der Waals surface area contributed by atoms with Crippen molar-refractivity contribution in [2.24, 2.45) is 0 Å². The monoisotopic (exact) mass is 351 g/mol. The molecule has 5 rings (SSSR count). The third-order valence-corrected chi connectivity index (χ3v) is 5.63. The molecule has 0 spiro atoms. The molecule has 0 fully saturated rings. The number of hydrogen-bond donors (Lipinski definition) is 0. The molecule has 0 N–H and O–H groups in total. The molecule has 2 heteroatoms. The molecule has 0 unspecified atom stereocenters. The molecule has 132 valence electrons. The minimum absolute atomic E-state index is 0.933. The van der Waals surface area contributed by atoms with Gasteiger partial charge in [0, 0.05) is 11.1 Å². The average molecular weight is 351 g/mol. The van der Waals surface area contributed by atoms with E-state index >= 15 is 0 Å². The molecular weight excluding hydrogens is 328 g/mol. The summed E-state index contributed by atoms with van der Waals surface area (Å²) in [7, 11) is 0. The second-order valence-electron chi connectivity index (χ2n) is 7.56. The van der Waals surface area contributed by atoms with Crippen LogP contribution in [-0.2, 0) is 6.54 Å². The van der Waals surface area contributed by atoms with Gasteiger partial charge in [0.15, 0.2) is 5.69 Å². The molecule has 3 aromatic carbocycles. The fraction of sp³-hybridized carbons (Fsp3) is 0.160. The maximum absolute atomic E-state index is 2.43. The number of aryl methyl sites for hydroxylation is 3. The third-order valence-electron chi connectivity index (χ3n) is 5.63. The van der Waals surface area contributed by atoms with E-state index in [4.69, 9.17) is 0 Å². The minimum atomic E-state index is 0.933. The van der Waals surface area contributed by atoms with Crippen LogP contribution in [0.1, 0.15) is 22.3 Å². The molecule has 1 aliphatic rings. The Kier molecular flexibility index (Phi) is 3.54. The first kappa shape index (κ1) is 16.1. The Hall–Kier alpha value is -3.13. The van der Waals surface area contributed by atoms with Crippen molar-refractivity contribution in [3.05, 3.63) is 95.2 Å². The standard InChI is InChI=1S/C25H23N2/c1-17-11-13-21(14-12-17)27-23(24-18(2)7-6-8-19(24)3)16-26-15-20-9-4-5-10-22(20)25(26)27/h4-14,16H,15H2,1-3H3/q+1. The highest BCUT2D eigenvalue weighted by atomic mass is 15.2. The molecule has 0 aliphatic carbocycles. The maximum atomic E-state index is 2.43. The van der Waals surface area contributed by atoms with Gasteiger partial charge in [0.25, 0.3) is 5.82 Å². The summed E-state index contributed by atoms with van der Waals surface area (Å²) in [6.07, 6.45) is 2.32. The summed E-state index contributed by atoms with van der Waals surface area (Å²) >= 11 is 0. The van der Waals surface area contributed by atoms with Crippen LogP contribution in [0.3, 0.4) is 0 Å². The van der Waals surface area contributed by atoms with Crippen LogP contribution in [0.4, 0.5) is 0 Å². The predicted octanol–water partition coefficient (Wildman–Crippen LogP) is 5.39. The number of benzene rings is 3. The highest BCUT2D eigenvalue weighted by Crippen LogP contribution is 2.36. The first-order valence-electron chi connectivity index (χ1n) is 9.50. The molecule has 0 saturated heterocycles. The molecule has 1 aliphatic heterocycles. The van der Waals surface area contributed by atoms with E-state index in [-0.39, 0.29) is 0 Å². The smallest absolute Gasteiger partial charge is 0.225 e. The second kappa shape index (κ2) is 5.95. The Labute approximate surface area is 160 Å². The van der Waals surface area contributed by atoms with E-state index < -0.39 is 0 Å². The summed E-state index contributed by atoms with van der Waals surface area (Å²) in [5.41, 5.74) is 10.4. The number of fused-ring (bicyclic) bond motifs is 3. The Bertz CT molecular complexity index is 1140. The largest absolute Gasteiger partial charge is 0.295 e. The fourth-order valence-electron chi connectivity index (χ4n) is 4.31. The normalized spacial score (nSPS) is 12.1. The van der Waals surface area contributed by atoms with Gasteiger partial charge < -0.3 is 0 Å². The Morgan fingerprint density at radius 1 is 0.778 bits per heavy atom. The average Bonchev–Trinajstić information content (AvgIpc) is 3.18. The molecule has 0 bridgehead atoms. The van der Waals surface area contributed by atoms with E-state index in [1.807, 2.05) is 0 Å². The SMILES string of the molecule is Cc1ccc(-n2c(-c3c(C)cccc3C)c[n+]3c2-c2ccccc2C3)cc1. The number of nitrogens with zero attached hydrogens (tertiary/aromatic N) is 2. The van der Waals surface area contributed by atoms with Gasteiger partial charge >= 0.3 is 0 Å². The van der Waals surface area contributed by atoms with Crippen LogP contribution in [0, 0.1) is 20.8 Å². The van der Waals surface area contributed by atoms with Gasteiger partial charge in [0.05, 0.1) is 5.56 Å². The topological polar surface area (TPSA) is 8.81 Å². The molecule has 0 saturated carbocycles. The van der Waals surface area contributed by atoms with E-state index in [0.717, 1.165) is 6.54 Å². The van der Waals surface area contributed by atoms with Crippen molar-refractivity contribution < 1.29 is 4.57 Å². The molecule has 0 atom stereocenters. The Morgan fingerprint density at radius 3 is 2.22 bits per heavy atom. The summed E-state index contributed by atoms with van der Waals surface area (Å²) in [6, 6.07) is 24.2. The Morgan fingerprint density at radius 2 is 1.48 bits per heavy atom. The predicted molar refractivity (Wildman–Crippen MR) is 110 cm³/mol. The van der Waals surface area contributed by atoms with Crippen LogP contribution >= 0.6 is 0 Å². The lowest BCUT2D eigenvalue weighted by Gasteiger charge is -2.10. The lowest BCUT2D eigenvalue weighted by Crippen LogP contribution is -2.29. The highest BCUT2D eigenvalue weighted by molar-refractivity contribution is 5.74. The first-order chi connectivity index (χ1) is 13.1. The summed E-state index contributed by atoms with van der Waals surface area (Å²) in [4.78, 5) is 0. The number of imidazole rings is 1. The lowest BCUT2D eigenvalue weighted by molar-refractivity contribution is -0.670. The number of aromatic nitrogens is 2. The maximum Gasteiger partial charge on any atom is 0.295 e. The number of hydrogen-bond acceptors (Lipinski definition) is 0. The molecule has 0 amide bonds. The van der Waals surface area contributed by atoms with Gasteiger partial charge in [0.1, 0.15) is 18.4 Å². The molecule has 2 nitrogen and oxygen atoms in total. The van der Waals surface area contributed by atoms with E-state index in [2.05, 4.69) is 103 Å². The summed E-state index contributed by atoms with van der Waals surface area (Å²) < 4.78 is 4.83. The lowest BCUT2D eigenvalue weighted by atomic mass is 10.00.